The van der Waals surface area contributed by atoms with Gasteiger partial charge in [0.25, 0.3) is 0 Å². The van der Waals surface area contributed by atoms with Crippen LogP contribution < -0.4 is 5.32 Å². The zero-order valence-electron chi connectivity index (χ0n) is 18.3. The van der Waals surface area contributed by atoms with Gasteiger partial charge in [-0.1, -0.05) is 60.7 Å². The van der Waals surface area contributed by atoms with Crippen LogP contribution in [0.15, 0.2) is 60.7 Å². The standard InChI is InChI=1S/C25H34N2O3/c1-25(2,3)30-24(29)26-22(16-19-10-6-4-7-11-19)23(28)18-27(21-14-15-21)17-20-12-8-5-9-13-20/h4-13,21-23,28H,14-18H2,1-3H3,(H,26,29)/t22-,23-/m0/s1. The average molecular weight is 411 g/mol. The van der Waals surface area contributed by atoms with Crippen LogP contribution in [0.2, 0.25) is 0 Å². The maximum atomic E-state index is 12.4. The minimum absolute atomic E-state index is 0.431. The summed E-state index contributed by atoms with van der Waals surface area (Å²) in [5.41, 5.74) is 1.72. The molecule has 0 aliphatic heterocycles. The van der Waals surface area contributed by atoms with E-state index in [2.05, 4.69) is 22.3 Å². The summed E-state index contributed by atoms with van der Waals surface area (Å²) in [6.07, 6.45) is 1.65. The Morgan fingerprint density at radius 3 is 2.17 bits per heavy atom. The molecular formula is C25H34N2O3. The average Bonchev–Trinajstić information content (AvgIpc) is 3.52. The first-order chi connectivity index (χ1) is 14.3. The number of hydrogen-bond acceptors (Lipinski definition) is 4. The molecule has 0 unspecified atom stereocenters. The van der Waals surface area contributed by atoms with E-state index in [1.807, 2.05) is 69.3 Å². The molecule has 3 rings (SSSR count). The second kappa shape index (κ2) is 10.1. The number of ether oxygens (including phenoxy) is 1. The Hall–Kier alpha value is -2.37. The Balaban J connectivity index is 1.69. The third-order valence-electron chi connectivity index (χ3n) is 5.18. The molecular weight excluding hydrogens is 376 g/mol. The first-order valence-corrected chi connectivity index (χ1v) is 10.8. The molecule has 5 heteroatoms. The van der Waals surface area contributed by atoms with E-state index in [1.165, 1.54) is 5.56 Å². The monoisotopic (exact) mass is 410 g/mol. The topological polar surface area (TPSA) is 61.8 Å². The Morgan fingerprint density at radius 1 is 1.07 bits per heavy atom. The van der Waals surface area contributed by atoms with Gasteiger partial charge in [-0.2, -0.15) is 0 Å². The zero-order valence-corrected chi connectivity index (χ0v) is 18.3. The van der Waals surface area contributed by atoms with Gasteiger partial charge in [0.15, 0.2) is 0 Å². The fraction of sp³-hybridized carbons (Fsp3) is 0.480. The van der Waals surface area contributed by atoms with Crippen molar-refractivity contribution in [1.82, 2.24) is 10.2 Å². The van der Waals surface area contributed by atoms with E-state index in [9.17, 15) is 9.90 Å². The molecule has 0 spiro atoms. The maximum absolute atomic E-state index is 12.4. The number of rotatable bonds is 9. The van der Waals surface area contributed by atoms with Gasteiger partial charge in [0, 0.05) is 19.1 Å². The normalized spacial score (nSPS) is 16.2. The highest BCUT2D eigenvalue weighted by atomic mass is 16.6. The Bertz CT molecular complexity index is 785. The summed E-state index contributed by atoms with van der Waals surface area (Å²) in [7, 11) is 0. The molecule has 30 heavy (non-hydrogen) atoms. The van der Waals surface area contributed by atoms with E-state index in [0.717, 1.165) is 24.9 Å². The van der Waals surface area contributed by atoms with Crippen LogP contribution in [0.25, 0.3) is 0 Å². The number of alkyl carbamates (subject to hydrolysis) is 1. The van der Waals surface area contributed by atoms with Crippen molar-refractivity contribution in [3.05, 3.63) is 71.8 Å². The SMILES string of the molecule is CC(C)(C)OC(=O)N[C@@H](Cc1ccccc1)[C@@H](O)CN(Cc1ccccc1)C1CC1. The summed E-state index contributed by atoms with van der Waals surface area (Å²) in [4.78, 5) is 14.8. The number of aliphatic hydroxyl groups is 1. The van der Waals surface area contributed by atoms with Crippen molar-refractivity contribution >= 4 is 6.09 Å². The number of carbonyl (C=O) groups excluding carboxylic acids is 1. The van der Waals surface area contributed by atoms with Crippen molar-refractivity contribution in [3.8, 4) is 0 Å². The lowest BCUT2D eigenvalue weighted by Crippen LogP contribution is -2.50. The predicted octanol–water partition coefficient (Wildman–Crippen LogP) is 4.15. The zero-order chi connectivity index (χ0) is 21.6. The number of benzene rings is 2. The lowest BCUT2D eigenvalue weighted by molar-refractivity contribution is 0.0351. The third-order valence-corrected chi connectivity index (χ3v) is 5.18. The minimum Gasteiger partial charge on any atom is -0.444 e. The molecule has 2 N–H and O–H groups in total. The number of hydrogen-bond donors (Lipinski definition) is 2. The third kappa shape index (κ3) is 7.47. The van der Waals surface area contributed by atoms with E-state index in [4.69, 9.17) is 4.74 Å². The van der Waals surface area contributed by atoms with Crippen LogP contribution in [0.5, 0.6) is 0 Å². The highest BCUT2D eigenvalue weighted by Gasteiger charge is 2.33. The van der Waals surface area contributed by atoms with E-state index >= 15 is 0 Å². The van der Waals surface area contributed by atoms with E-state index in [0.29, 0.717) is 19.0 Å². The molecule has 2 atom stereocenters. The van der Waals surface area contributed by atoms with Gasteiger partial charge in [0.05, 0.1) is 12.1 Å². The Kier molecular flexibility index (Phi) is 7.51. The van der Waals surface area contributed by atoms with Crippen LogP contribution in [-0.2, 0) is 17.7 Å². The van der Waals surface area contributed by atoms with Gasteiger partial charge in [-0.15, -0.1) is 0 Å². The van der Waals surface area contributed by atoms with Gasteiger partial charge in [-0.05, 0) is 51.2 Å². The van der Waals surface area contributed by atoms with E-state index < -0.39 is 23.8 Å². The van der Waals surface area contributed by atoms with Crippen LogP contribution in [0.1, 0.15) is 44.7 Å². The first kappa shape index (κ1) is 22.3. The molecule has 1 amide bonds. The largest absolute Gasteiger partial charge is 0.444 e. The highest BCUT2D eigenvalue weighted by molar-refractivity contribution is 5.68. The lowest BCUT2D eigenvalue weighted by Gasteiger charge is -2.31. The number of carbonyl (C=O) groups is 1. The summed E-state index contributed by atoms with van der Waals surface area (Å²) in [6.45, 7) is 6.82. The van der Waals surface area contributed by atoms with Gasteiger partial charge in [0.1, 0.15) is 5.60 Å². The van der Waals surface area contributed by atoms with Gasteiger partial charge in [-0.3, -0.25) is 4.90 Å². The molecule has 1 fully saturated rings. The van der Waals surface area contributed by atoms with Crippen LogP contribution >= 0.6 is 0 Å². The summed E-state index contributed by atoms with van der Waals surface area (Å²) < 4.78 is 5.44. The number of nitrogens with one attached hydrogen (secondary N) is 1. The lowest BCUT2D eigenvalue weighted by atomic mass is 10.0. The molecule has 2 aromatic carbocycles. The van der Waals surface area contributed by atoms with E-state index in [1.54, 1.807) is 0 Å². The van der Waals surface area contributed by atoms with Crippen molar-refractivity contribution in [3.63, 3.8) is 0 Å². The first-order valence-electron chi connectivity index (χ1n) is 10.8. The molecule has 1 aliphatic carbocycles. The number of amides is 1. The fourth-order valence-corrected chi connectivity index (χ4v) is 3.58. The summed E-state index contributed by atoms with van der Waals surface area (Å²) >= 11 is 0. The predicted molar refractivity (Wildman–Crippen MR) is 119 cm³/mol. The fourth-order valence-electron chi connectivity index (χ4n) is 3.58. The van der Waals surface area contributed by atoms with Crippen molar-refractivity contribution in [2.24, 2.45) is 0 Å². The molecule has 0 heterocycles. The van der Waals surface area contributed by atoms with Gasteiger partial charge < -0.3 is 15.2 Å². The second-order valence-electron chi connectivity index (χ2n) is 9.16. The van der Waals surface area contributed by atoms with Crippen LogP contribution in [0.3, 0.4) is 0 Å². The van der Waals surface area contributed by atoms with Gasteiger partial charge in [0.2, 0.25) is 0 Å². The molecule has 2 aromatic rings. The van der Waals surface area contributed by atoms with Crippen LogP contribution in [-0.4, -0.2) is 46.4 Å². The smallest absolute Gasteiger partial charge is 0.407 e. The number of nitrogens with zero attached hydrogens (tertiary/aromatic N) is 1. The summed E-state index contributed by atoms with van der Waals surface area (Å²) in [6, 6.07) is 20.3. The number of aliphatic hydroxyl groups excluding tert-OH is 1. The van der Waals surface area contributed by atoms with Crippen molar-refractivity contribution in [2.45, 2.75) is 70.4 Å². The minimum atomic E-state index is -0.706. The molecule has 0 saturated heterocycles. The molecule has 0 radical (unpaired) electrons. The maximum Gasteiger partial charge on any atom is 0.407 e. The second-order valence-corrected chi connectivity index (χ2v) is 9.16. The highest BCUT2D eigenvalue weighted by Crippen LogP contribution is 2.29. The molecule has 1 saturated carbocycles. The van der Waals surface area contributed by atoms with Crippen LogP contribution in [0, 0.1) is 0 Å². The summed E-state index contributed by atoms with van der Waals surface area (Å²) in [5.74, 6) is 0. The molecule has 5 nitrogen and oxygen atoms in total. The molecule has 0 aromatic heterocycles. The summed E-state index contributed by atoms with van der Waals surface area (Å²) in [5, 5.41) is 14.0. The van der Waals surface area contributed by atoms with Crippen molar-refractivity contribution in [2.75, 3.05) is 6.54 Å². The van der Waals surface area contributed by atoms with Gasteiger partial charge >= 0.3 is 6.09 Å². The quantitative estimate of drug-likeness (QED) is 0.652. The van der Waals surface area contributed by atoms with Crippen molar-refractivity contribution in [1.29, 1.82) is 0 Å². The molecule has 0 bridgehead atoms. The van der Waals surface area contributed by atoms with Crippen LogP contribution in [0.4, 0.5) is 4.79 Å². The van der Waals surface area contributed by atoms with Gasteiger partial charge in [-0.25, -0.2) is 4.79 Å². The van der Waals surface area contributed by atoms with E-state index in [-0.39, 0.29) is 0 Å². The molecule has 162 valence electrons. The van der Waals surface area contributed by atoms with Crippen molar-refractivity contribution < 1.29 is 14.6 Å². The Labute approximate surface area is 180 Å². The Morgan fingerprint density at radius 2 is 1.63 bits per heavy atom. The molecule has 1 aliphatic rings.